The lowest BCUT2D eigenvalue weighted by atomic mass is 10.1. The second-order valence-corrected chi connectivity index (χ2v) is 4.57. The van der Waals surface area contributed by atoms with Gasteiger partial charge in [-0.2, -0.15) is 13.2 Å². The van der Waals surface area contributed by atoms with E-state index in [9.17, 15) is 18.3 Å². The molecule has 1 aliphatic heterocycles. The number of aliphatic hydroxyl groups is 1. The molecule has 2 atom stereocenters. The maximum atomic E-state index is 12.4. The molecule has 106 valence electrons. The summed E-state index contributed by atoms with van der Waals surface area (Å²) in [6.45, 7) is 1.44. The average molecular weight is 275 g/mol. The number of halogens is 3. The van der Waals surface area contributed by atoms with Crippen LogP contribution in [0.5, 0.6) is 5.75 Å². The van der Waals surface area contributed by atoms with Crippen LogP contribution in [0, 0.1) is 0 Å². The molecule has 1 aliphatic rings. The molecule has 0 saturated carbocycles. The predicted octanol–water partition coefficient (Wildman–Crippen LogP) is 2.20. The van der Waals surface area contributed by atoms with Gasteiger partial charge in [0.2, 0.25) is 0 Å². The molecule has 1 aromatic carbocycles. The number of alkyl halides is 3. The van der Waals surface area contributed by atoms with E-state index in [0.29, 0.717) is 25.1 Å². The summed E-state index contributed by atoms with van der Waals surface area (Å²) in [5.41, 5.74) is -0.706. The number of benzene rings is 1. The third kappa shape index (κ3) is 3.84. The molecule has 6 heteroatoms. The van der Waals surface area contributed by atoms with Gasteiger partial charge < -0.3 is 15.2 Å². The highest BCUT2D eigenvalue weighted by Crippen LogP contribution is 2.30. The minimum Gasteiger partial charge on any atom is -0.488 e. The van der Waals surface area contributed by atoms with Gasteiger partial charge in [-0.1, -0.05) is 0 Å². The molecular formula is C13H16F3NO2. The molecular weight excluding hydrogens is 259 g/mol. The maximum absolute atomic E-state index is 12.4. The molecule has 1 saturated heterocycles. The van der Waals surface area contributed by atoms with Crippen molar-refractivity contribution in [2.24, 2.45) is 0 Å². The number of nitrogens with one attached hydrogen (secondary N) is 1. The SMILES string of the molecule is O[C@@H]1CCNCC[C@H]1Oc1ccc(C(F)(F)F)cc1. The first-order valence-electron chi connectivity index (χ1n) is 6.19. The second kappa shape index (κ2) is 5.79. The fraction of sp³-hybridized carbons (Fsp3) is 0.538. The lowest BCUT2D eigenvalue weighted by molar-refractivity contribution is -0.137. The van der Waals surface area contributed by atoms with Crippen molar-refractivity contribution in [3.05, 3.63) is 29.8 Å². The first-order valence-corrected chi connectivity index (χ1v) is 6.19. The van der Waals surface area contributed by atoms with Crippen LogP contribution >= 0.6 is 0 Å². The van der Waals surface area contributed by atoms with Crippen LogP contribution in [0.4, 0.5) is 13.2 Å². The number of hydrogen-bond acceptors (Lipinski definition) is 3. The molecule has 0 radical (unpaired) electrons. The van der Waals surface area contributed by atoms with Crippen LogP contribution in [-0.2, 0) is 6.18 Å². The summed E-state index contributed by atoms with van der Waals surface area (Å²) in [5.74, 6) is 0.346. The molecule has 0 aromatic heterocycles. The monoisotopic (exact) mass is 275 g/mol. The zero-order chi connectivity index (χ0) is 13.9. The molecule has 19 heavy (non-hydrogen) atoms. The fourth-order valence-electron chi connectivity index (χ4n) is 2.03. The Balaban J connectivity index is 2.02. The van der Waals surface area contributed by atoms with Crippen molar-refractivity contribution in [2.45, 2.75) is 31.2 Å². The van der Waals surface area contributed by atoms with Crippen molar-refractivity contribution in [1.29, 1.82) is 0 Å². The Hall–Kier alpha value is -1.27. The second-order valence-electron chi connectivity index (χ2n) is 4.57. The predicted molar refractivity (Wildman–Crippen MR) is 64.0 cm³/mol. The first kappa shape index (κ1) is 14.1. The quantitative estimate of drug-likeness (QED) is 0.869. The number of aliphatic hydroxyl groups excluding tert-OH is 1. The van der Waals surface area contributed by atoms with Crippen molar-refractivity contribution in [3.8, 4) is 5.75 Å². The van der Waals surface area contributed by atoms with E-state index in [2.05, 4.69) is 5.32 Å². The maximum Gasteiger partial charge on any atom is 0.416 e. The zero-order valence-electron chi connectivity index (χ0n) is 10.3. The van der Waals surface area contributed by atoms with Crippen LogP contribution in [0.25, 0.3) is 0 Å². The number of ether oxygens (including phenoxy) is 1. The molecule has 0 amide bonds. The molecule has 0 aliphatic carbocycles. The summed E-state index contributed by atoms with van der Waals surface area (Å²) in [5, 5.41) is 13.0. The fourth-order valence-corrected chi connectivity index (χ4v) is 2.03. The summed E-state index contributed by atoms with van der Waals surface area (Å²) >= 11 is 0. The van der Waals surface area contributed by atoms with Gasteiger partial charge in [-0.25, -0.2) is 0 Å². The number of rotatable bonds is 2. The molecule has 2 N–H and O–H groups in total. The van der Waals surface area contributed by atoms with Crippen molar-refractivity contribution < 1.29 is 23.0 Å². The van der Waals surface area contributed by atoms with Crippen LogP contribution < -0.4 is 10.1 Å². The average Bonchev–Trinajstić information content (AvgIpc) is 2.55. The number of hydrogen-bond donors (Lipinski definition) is 2. The van der Waals surface area contributed by atoms with Gasteiger partial charge in [-0.05, 0) is 50.2 Å². The third-order valence-electron chi connectivity index (χ3n) is 3.12. The molecule has 1 aromatic rings. The van der Waals surface area contributed by atoms with E-state index in [0.717, 1.165) is 18.7 Å². The van der Waals surface area contributed by atoms with Gasteiger partial charge in [0.05, 0.1) is 11.7 Å². The highest BCUT2D eigenvalue weighted by atomic mass is 19.4. The van der Waals surface area contributed by atoms with Gasteiger partial charge in [0.25, 0.3) is 0 Å². The molecule has 3 nitrogen and oxygen atoms in total. The third-order valence-corrected chi connectivity index (χ3v) is 3.12. The van der Waals surface area contributed by atoms with Gasteiger partial charge in [0, 0.05) is 0 Å². The van der Waals surface area contributed by atoms with Crippen LogP contribution in [0.3, 0.4) is 0 Å². The van der Waals surface area contributed by atoms with Crippen LogP contribution in [-0.4, -0.2) is 30.4 Å². The molecule has 0 unspecified atom stereocenters. The van der Waals surface area contributed by atoms with Crippen LogP contribution in [0.15, 0.2) is 24.3 Å². The van der Waals surface area contributed by atoms with E-state index in [-0.39, 0.29) is 6.10 Å². The van der Waals surface area contributed by atoms with Crippen molar-refractivity contribution in [1.82, 2.24) is 5.32 Å². The standard InChI is InChI=1S/C13H16F3NO2/c14-13(15,16)9-1-3-10(4-2-9)19-12-6-8-17-7-5-11(12)18/h1-4,11-12,17-18H,5-8H2/t11-,12-/m1/s1. The molecule has 1 fully saturated rings. The summed E-state index contributed by atoms with van der Waals surface area (Å²) in [6, 6.07) is 4.54. The first-order chi connectivity index (χ1) is 8.97. The smallest absolute Gasteiger partial charge is 0.416 e. The Bertz CT molecular complexity index is 405. The van der Waals surface area contributed by atoms with Gasteiger partial charge in [-0.15, -0.1) is 0 Å². The Morgan fingerprint density at radius 3 is 2.37 bits per heavy atom. The van der Waals surface area contributed by atoms with Crippen molar-refractivity contribution in [3.63, 3.8) is 0 Å². The van der Waals surface area contributed by atoms with E-state index < -0.39 is 17.8 Å². The topological polar surface area (TPSA) is 41.5 Å². The lowest BCUT2D eigenvalue weighted by Gasteiger charge is -2.21. The van der Waals surface area contributed by atoms with Crippen LogP contribution in [0.1, 0.15) is 18.4 Å². The van der Waals surface area contributed by atoms with Crippen molar-refractivity contribution in [2.75, 3.05) is 13.1 Å². The Morgan fingerprint density at radius 2 is 1.74 bits per heavy atom. The molecule has 0 bridgehead atoms. The Morgan fingerprint density at radius 1 is 1.11 bits per heavy atom. The van der Waals surface area contributed by atoms with Crippen LogP contribution in [0.2, 0.25) is 0 Å². The Kier molecular flexibility index (Phi) is 4.31. The van der Waals surface area contributed by atoms with Gasteiger partial charge in [0.15, 0.2) is 0 Å². The normalized spacial score (nSPS) is 24.8. The van der Waals surface area contributed by atoms with E-state index in [4.69, 9.17) is 4.74 Å². The summed E-state index contributed by atoms with van der Waals surface area (Å²) < 4.78 is 42.8. The lowest BCUT2D eigenvalue weighted by Crippen LogP contribution is -2.31. The molecule has 0 spiro atoms. The minimum absolute atomic E-state index is 0.346. The highest BCUT2D eigenvalue weighted by Gasteiger charge is 2.30. The van der Waals surface area contributed by atoms with Gasteiger partial charge in [0.1, 0.15) is 11.9 Å². The molecule has 2 rings (SSSR count). The minimum atomic E-state index is -4.34. The summed E-state index contributed by atoms with van der Waals surface area (Å²) in [7, 11) is 0. The Labute approximate surface area is 109 Å². The molecule has 1 heterocycles. The summed E-state index contributed by atoms with van der Waals surface area (Å²) in [4.78, 5) is 0. The van der Waals surface area contributed by atoms with Gasteiger partial charge >= 0.3 is 6.18 Å². The van der Waals surface area contributed by atoms with Crippen molar-refractivity contribution >= 4 is 0 Å². The van der Waals surface area contributed by atoms with E-state index in [1.54, 1.807) is 0 Å². The van der Waals surface area contributed by atoms with E-state index >= 15 is 0 Å². The van der Waals surface area contributed by atoms with Gasteiger partial charge in [-0.3, -0.25) is 0 Å². The largest absolute Gasteiger partial charge is 0.488 e. The summed E-state index contributed by atoms with van der Waals surface area (Å²) in [6.07, 6.45) is -4.12. The zero-order valence-corrected chi connectivity index (χ0v) is 10.3. The van der Waals surface area contributed by atoms with E-state index in [1.807, 2.05) is 0 Å². The van der Waals surface area contributed by atoms with E-state index in [1.165, 1.54) is 12.1 Å². The highest BCUT2D eigenvalue weighted by molar-refractivity contribution is 5.29.